The molecule has 0 saturated heterocycles. The highest BCUT2D eigenvalue weighted by atomic mass is 35.5. The molecule has 10 heteroatoms. The van der Waals surface area contributed by atoms with E-state index in [1.165, 1.54) is 6.08 Å². The smallest absolute Gasteiger partial charge is 0.406 e. The molecule has 1 aromatic heterocycles. The van der Waals surface area contributed by atoms with Crippen molar-refractivity contribution in [3.8, 4) is 5.75 Å². The number of carbonyl (C=O) groups is 1. The van der Waals surface area contributed by atoms with Crippen molar-refractivity contribution in [2.45, 2.75) is 12.6 Å². The van der Waals surface area contributed by atoms with Crippen molar-refractivity contribution >= 4 is 29.3 Å². The van der Waals surface area contributed by atoms with E-state index in [1.807, 2.05) is 0 Å². The van der Waals surface area contributed by atoms with Gasteiger partial charge in [0.1, 0.15) is 0 Å². The van der Waals surface area contributed by atoms with Gasteiger partial charge in [-0.1, -0.05) is 24.3 Å². The summed E-state index contributed by atoms with van der Waals surface area (Å²) in [5, 5.41) is 1.79. The van der Waals surface area contributed by atoms with Gasteiger partial charge in [0.15, 0.2) is 11.4 Å². The number of hydrogen-bond donors (Lipinski definition) is 1. The molecule has 0 aliphatic heterocycles. The van der Waals surface area contributed by atoms with Crippen LogP contribution in [0.4, 0.5) is 18.0 Å². The van der Waals surface area contributed by atoms with Crippen molar-refractivity contribution in [1.82, 2.24) is 15.3 Å². The Morgan fingerprint density at radius 1 is 1.39 bits per heavy atom. The monoisotopic (exact) mass is 365 g/mol. The molecule has 122 valence electrons. The fraction of sp³-hybridized carbons (Fsp3) is 0.154. The van der Waals surface area contributed by atoms with Crippen molar-refractivity contribution in [1.29, 1.82) is 0 Å². The fourth-order valence-electron chi connectivity index (χ4n) is 1.62. The third-order valence-corrected chi connectivity index (χ3v) is 3.09. The molecule has 1 aliphatic carbocycles. The van der Waals surface area contributed by atoms with Gasteiger partial charge in [-0.25, -0.2) is 14.8 Å². The van der Waals surface area contributed by atoms with Crippen molar-refractivity contribution in [2.24, 2.45) is 0 Å². The second-order valence-corrected chi connectivity index (χ2v) is 5.08. The van der Waals surface area contributed by atoms with Crippen molar-refractivity contribution in [3.05, 3.63) is 52.2 Å². The van der Waals surface area contributed by atoms with E-state index >= 15 is 0 Å². The van der Waals surface area contributed by atoms with E-state index in [4.69, 9.17) is 23.2 Å². The Labute approximate surface area is 138 Å². The number of rotatable bonds is 2. The molecule has 1 aliphatic rings. The van der Waals surface area contributed by atoms with Crippen molar-refractivity contribution in [3.63, 3.8) is 0 Å². The minimum atomic E-state index is -4.86. The minimum Gasteiger partial charge on any atom is -0.406 e. The second kappa shape index (κ2) is 6.59. The number of nitrogens with zero attached hydrogens (tertiary/aromatic N) is 2. The average molecular weight is 366 g/mol. The molecule has 23 heavy (non-hydrogen) atoms. The van der Waals surface area contributed by atoms with Crippen LogP contribution in [0.3, 0.4) is 0 Å². The Balaban J connectivity index is 2.16. The Morgan fingerprint density at radius 2 is 2.09 bits per heavy atom. The fourth-order valence-corrected chi connectivity index (χ4v) is 2.03. The van der Waals surface area contributed by atoms with E-state index in [-0.39, 0.29) is 10.7 Å². The number of nitrogens with one attached hydrogen (secondary N) is 1. The number of alkyl halides is 3. The SMILES string of the molecule is C=C1C=C(Cl)C(NC(=O)Oc2cnc(Cl)nc2C(F)(F)F)=CC1. The van der Waals surface area contributed by atoms with Gasteiger partial charge in [-0.05, 0) is 29.7 Å². The number of carbonyl (C=O) groups excluding carboxylic acids is 1. The van der Waals surface area contributed by atoms with Gasteiger partial charge < -0.3 is 4.74 Å². The zero-order valence-electron chi connectivity index (χ0n) is 11.2. The first kappa shape index (κ1) is 17.3. The maximum Gasteiger partial charge on any atom is 0.437 e. The van der Waals surface area contributed by atoms with Gasteiger partial charge in [-0.3, -0.25) is 5.32 Å². The number of ether oxygens (including phenoxy) is 1. The second-order valence-electron chi connectivity index (χ2n) is 4.34. The van der Waals surface area contributed by atoms with Crippen molar-refractivity contribution in [2.75, 3.05) is 0 Å². The third kappa shape index (κ3) is 4.46. The predicted octanol–water partition coefficient (Wildman–Crippen LogP) is 4.20. The lowest BCUT2D eigenvalue weighted by molar-refractivity contribution is -0.142. The molecule has 1 N–H and O–H groups in total. The first-order valence-corrected chi connectivity index (χ1v) is 6.76. The van der Waals surface area contributed by atoms with Crippen molar-refractivity contribution < 1.29 is 22.7 Å². The van der Waals surface area contributed by atoms with E-state index in [1.54, 1.807) is 6.08 Å². The maximum absolute atomic E-state index is 12.8. The summed E-state index contributed by atoms with van der Waals surface area (Å²) in [5.41, 5.74) is -0.535. The number of amides is 1. The molecular weight excluding hydrogens is 358 g/mol. The first-order valence-electron chi connectivity index (χ1n) is 6.01. The molecule has 0 spiro atoms. The quantitative estimate of drug-likeness (QED) is 0.797. The molecule has 0 fully saturated rings. The molecule has 0 saturated carbocycles. The zero-order valence-corrected chi connectivity index (χ0v) is 12.8. The summed E-state index contributed by atoms with van der Waals surface area (Å²) < 4.78 is 43.1. The predicted molar refractivity (Wildman–Crippen MR) is 77.0 cm³/mol. The van der Waals surface area contributed by atoms with Crippen LogP contribution in [0.2, 0.25) is 5.28 Å². The normalized spacial score (nSPS) is 14.9. The number of allylic oxidation sites excluding steroid dienone is 4. The molecule has 0 aromatic carbocycles. The lowest BCUT2D eigenvalue weighted by atomic mass is 10.1. The Bertz CT molecular complexity index is 730. The Morgan fingerprint density at radius 3 is 2.70 bits per heavy atom. The largest absolute Gasteiger partial charge is 0.437 e. The van der Waals surface area contributed by atoms with Crippen LogP contribution in [0, 0.1) is 0 Å². The van der Waals surface area contributed by atoms with Gasteiger partial charge in [-0.15, -0.1) is 0 Å². The van der Waals surface area contributed by atoms with Gasteiger partial charge >= 0.3 is 12.3 Å². The van der Waals surface area contributed by atoms with E-state index in [0.717, 1.165) is 5.57 Å². The highest BCUT2D eigenvalue weighted by molar-refractivity contribution is 6.32. The van der Waals surface area contributed by atoms with Crippen LogP contribution in [0.1, 0.15) is 12.1 Å². The summed E-state index contributed by atoms with van der Waals surface area (Å²) in [4.78, 5) is 18.1. The summed E-state index contributed by atoms with van der Waals surface area (Å²) in [6.07, 6.45) is -1.87. The van der Waals surface area contributed by atoms with Crippen LogP contribution in [-0.4, -0.2) is 16.1 Å². The third-order valence-electron chi connectivity index (χ3n) is 2.59. The molecule has 1 aromatic rings. The molecule has 1 heterocycles. The standard InChI is InChI=1S/C13H8Cl2F3N3O2/c1-6-2-3-8(7(14)4-6)20-12(22)23-9-5-19-11(15)21-10(9)13(16,17)18/h3-5H,1-2H2,(H,20,22). The molecule has 0 atom stereocenters. The molecular formula is C13H8Cl2F3N3O2. The Hall–Kier alpha value is -2.06. The van der Waals surface area contributed by atoms with E-state index in [9.17, 15) is 18.0 Å². The van der Waals surface area contributed by atoms with Gasteiger partial charge in [0.2, 0.25) is 5.28 Å². The van der Waals surface area contributed by atoms with Crippen LogP contribution in [0.5, 0.6) is 5.75 Å². The molecule has 2 rings (SSSR count). The average Bonchev–Trinajstić information content (AvgIpc) is 2.43. The van der Waals surface area contributed by atoms with Gasteiger partial charge in [0.25, 0.3) is 0 Å². The van der Waals surface area contributed by atoms with Gasteiger partial charge in [-0.2, -0.15) is 13.2 Å². The van der Waals surface area contributed by atoms with Crippen LogP contribution in [-0.2, 0) is 6.18 Å². The topological polar surface area (TPSA) is 64.1 Å². The first-order chi connectivity index (χ1) is 10.7. The number of halogens is 5. The van der Waals surface area contributed by atoms with Crippen LogP contribution >= 0.6 is 23.2 Å². The Kier molecular flexibility index (Phi) is 4.96. The molecule has 5 nitrogen and oxygen atoms in total. The van der Waals surface area contributed by atoms with Crippen LogP contribution in [0.25, 0.3) is 0 Å². The zero-order chi connectivity index (χ0) is 17.2. The summed E-state index contributed by atoms with van der Waals surface area (Å²) in [7, 11) is 0. The van der Waals surface area contributed by atoms with Crippen LogP contribution in [0.15, 0.2) is 41.2 Å². The lowest BCUT2D eigenvalue weighted by Crippen LogP contribution is -2.28. The lowest BCUT2D eigenvalue weighted by Gasteiger charge is -2.15. The highest BCUT2D eigenvalue weighted by Gasteiger charge is 2.38. The van der Waals surface area contributed by atoms with E-state index in [0.29, 0.717) is 12.6 Å². The van der Waals surface area contributed by atoms with Gasteiger partial charge in [0.05, 0.1) is 16.9 Å². The molecule has 0 unspecified atom stereocenters. The highest BCUT2D eigenvalue weighted by Crippen LogP contribution is 2.34. The van der Waals surface area contributed by atoms with Gasteiger partial charge in [0, 0.05) is 0 Å². The van der Waals surface area contributed by atoms with E-state index in [2.05, 4.69) is 26.6 Å². The van der Waals surface area contributed by atoms with Crippen LogP contribution < -0.4 is 10.1 Å². The summed E-state index contributed by atoms with van der Waals surface area (Å²) in [6, 6.07) is 0. The summed E-state index contributed by atoms with van der Waals surface area (Å²) >= 11 is 11.2. The molecule has 0 bridgehead atoms. The maximum atomic E-state index is 12.8. The summed E-state index contributed by atoms with van der Waals surface area (Å²) in [6.45, 7) is 3.69. The van der Waals surface area contributed by atoms with E-state index < -0.39 is 29.0 Å². The summed E-state index contributed by atoms with van der Waals surface area (Å²) in [5.74, 6) is -0.875. The number of hydrogen-bond acceptors (Lipinski definition) is 4. The minimum absolute atomic E-state index is 0.182. The molecule has 1 amide bonds. The number of aromatic nitrogens is 2. The molecule has 0 radical (unpaired) electrons.